The Morgan fingerprint density at radius 2 is 2.03 bits per heavy atom. The maximum atomic E-state index is 14.8. The average Bonchev–Trinajstić information content (AvgIpc) is 3.34. The standard InChI is InChI=1S/C22H24F4N4O2S/c1-33-15-10-14(4-9-30(15)32)27-19(31)18-16(22(24,25)26)17(13-2-3-13)28-29(18)12-20-5-7-21(23,11-20)8-6-20/h4,9-10,13,32H,2-3,5-8,11-12H2,1H3/p+1. The third-order valence-corrected chi connectivity index (χ3v) is 7.92. The lowest BCUT2D eigenvalue weighted by Gasteiger charge is -2.26. The summed E-state index contributed by atoms with van der Waals surface area (Å²) in [7, 11) is 0. The SMILES string of the molecule is CSc1cc(NC(=O)c2c(C(F)(F)F)c(C3CC3)nn2CC23CCC(F)(CC2)C3)cc[n+]1O. The normalized spacial score (nSPS) is 26.7. The molecule has 2 heterocycles. The van der Waals surface area contributed by atoms with Crippen LogP contribution in [0.15, 0.2) is 23.4 Å². The first kappa shape index (κ1) is 22.5. The van der Waals surface area contributed by atoms with Crippen molar-refractivity contribution in [1.82, 2.24) is 9.78 Å². The number of rotatable bonds is 6. The number of fused-ring (bicyclic) bond motifs is 2. The summed E-state index contributed by atoms with van der Waals surface area (Å²) >= 11 is 1.22. The molecule has 0 unspecified atom stereocenters. The number of hydrogen-bond donors (Lipinski definition) is 2. The van der Waals surface area contributed by atoms with E-state index in [9.17, 15) is 27.6 Å². The summed E-state index contributed by atoms with van der Waals surface area (Å²) in [5.41, 5.74) is -3.06. The van der Waals surface area contributed by atoms with Gasteiger partial charge in [0.1, 0.15) is 16.9 Å². The Balaban J connectivity index is 1.55. The number of thioether (sulfide) groups is 1. The maximum absolute atomic E-state index is 14.8. The zero-order valence-corrected chi connectivity index (χ0v) is 18.9. The van der Waals surface area contributed by atoms with Gasteiger partial charge in [-0.2, -0.15) is 18.3 Å². The van der Waals surface area contributed by atoms with Gasteiger partial charge in [-0.05, 0) is 56.6 Å². The number of aromatic nitrogens is 3. The molecule has 1 amide bonds. The van der Waals surface area contributed by atoms with E-state index in [1.165, 1.54) is 34.8 Å². The lowest BCUT2D eigenvalue weighted by Crippen LogP contribution is -2.32. The Labute approximate surface area is 192 Å². The molecule has 5 rings (SSSR count). The fourth-order valence-electron chi connectivity index (χ4n) is 5.43. The van der Waals surface area contributed by atoms with Crippen molar-refractivity contribution in [1.29, 1.82) is 0 Å². The van der Waals surface area contributed by atoms with Crippen molar-refractivity contribution in [2.24, 2.45) is 5.41 Å². The number of nitrogens with zero attached hydrogens (tertiary/aromatic N) is 3. The molecule has 6 nitrogen and oxygen atoms in total. The summed E-state index contributed by atoms with van der Waals surface area (Å²) in [5.74, 6) is -1.23. The van der Waals surface area contributed by atoms with E-state index >= 15 is 0 Å². The molecule has 0 aromatic carbocycles. The molecule has 178 valence electrons. The van der Waals surface area contributed by atoms with Crippen molar-refractivity contribution >= 4 is 23.4 Å². The Kier molecular flexibility index (Phi) is 5.19. The predicted octanol–water partition coefficient (Wildman–Crippen LogP) is 4.95. The van der Waals surface area contributed by atoms with E-state index in [0.29, 0.717) is 50.0 Å². The number of nitrogens with one attached hydrogen (secondary N) is 1. The number of alkyl halides is 4. The van der Waals surface area contributed by atoms with Gasteiger partial charge in [-0.1, -0.05) is 11.8 Å². The van der Waals surface area contributed by atoms with Crippen molar-refractivity contribution in [3.63, 3.8) is 0 Å². The van der Waals surface area contributed by atoms with Gasteiger partial charge in [0.15, 0.2) is 0 Å². The zero-order valence-electron chi connectivity index (χ0n) is 18.1. The van der Waals surface area contributed by atoms with Crippen LogP contribution in [0.1, 0.15) is 72.6 Å². The van der Waals surface area contributed by atoms with Crippen LogP contribution in [0.3, 0.4) is 0 Å². The van der Waals surface area contributed by atoms with Crippen LogP contribution < -0.4 is 10.0 Å². The molecule has 33 heavy (non-hydrogen) atoms. The molecular formula is C22H25F4N4O2S+. The van der Waals surface area contributed by atoms with Crippen LogP contribution in [0.4, 0.5) is 23.2 Å². The summed E-state index contributed by atoms with van der Waals surface area (Å²) in [6, 6.07) is 2.87. The van der Waals surface area contributed by atoms with Gasteiger partial charge in [-0.3, -0.25) is 14.7 Å². The molecule has 2 aromatic rings. The van der Waals surface area contributed by atoms with Crippen LogP contribution >= 0.6 is 11.8 Å². The lowest BCUT2D eigenvalue weighted by atomic mass is 9.84. The molecule has 3 aliphatic carbocycles. The third kappa shape index (κ3) is 4.08. The number of hydrogen-bond acceptors (Lipinski definition) is 4. The van der Waals surface area contributed by atoms with Crippen LogP contribution in [0.5, 0.6) is 0 Å². The summed E-state index contributed by atoms with van der Waals surface area (Å²) in [6.07, 6.45) is 1.75. The topological polar surface area (TPSA) is 71.0 Å². The van der Waals surface area contributed by atoms with Gasteiger partial charge in [-0.25, -0.2) is 4.39 Å². The van der Waals surface area contributed by atoms with E-state index in [-0.39, 0.29) is 23.8 Å². The number of halogens is 4. The fourth-order valence-corrected chi connectivity index (χ4v) is 5.92. The minimum absolute atomic E-state index is 0.0855. The first-order chi connectivity index (χ1) is 15.5. The fraction of sp³-hybridized carbons (Fsp3) is 0.591. The quantitative estimate of drug-likeness (QED) is 0.263. The second kappa shape index (κ2) is 7.61. The van der Waals surface area contributed by atoms with Crippen LogP contribution in [-0.4, -0.2) is 32.8 Å². The van der Waals surface area contributed by atoms with E-state index in [4.69, 9.17) is 0 Å². The number of anilines is 1. The van der Waals surface area contributed by atoms with Gasteiger partial charge < -0.3 is 5.32 Å². The first-order valence-electron chi connectivity index (χ1n) is 11.0. The molecule has 2 N–H and O–H groups in total. The van der Waals surface area contributed by atoms with Crippen LogP contribution in [0, 0.1) is 5.41 Å². The summed E-state index contributed by atoms with van der Waals surface area (Å²) in [4.78, 5) is 13.3. The van der Waals surface area contributed by atoms with E-state index in [0.717, 1.165) is 4.73 Å². The molecule has 3 saturated carbocycles. The highest BCUT2D eigenvalue weighted by Crippen LogP contribution is 2.59. The van der Waals surface area contributed by atoms with E-state index in [1.807, 2.05) is 0 Å². The first-order valence-corrected chi connectivity index (χ1v) is 12.2. The average molecular weight is 486 g/mol. The number of amides is 1. The van der Waals surface area contributed by atoms with E-state index < -0.39 is 34.4 Å². The minimum Gasteiger partial charge on any atom is -0.320 e. The highest BCUT2D eigenvalue weighted by molar-refractivity contribution is 7.98. The Morgan fingerprint density at radius 1 is 1.33 bits per heavy atom. The monoisotopic (exact) mass is 485 g/mol. The molecule has 0 saturated heterocycles. The van der Waals surface area contributed by atoms with Gasteiger partial charge >= 0.3 is 6.18 Å². The largest absolute Gasteiger partial charge is 0.420 e. The molecule has 0 spiro atoms. The van der Waals surface area contributed by atoms with Gasteiger partial charge in [0, 0.05) is 29.3 Å². The smallest absolute Gasteiger partial charge is 0.320 e. The van der Waals surface area contributed by atoms with Crippen LogP contribution in [-0.2, 0) is 12.7 Å². The summed E-state index contributed by atoms with van der Waals surface area (Å²) in [6.45, 7) is 0.0959. The Morgan fingerprint density at radius 3 is 2.58 bits per heavy atom. The van der Waals surface area contributed by atoms with Gasteiger partial charge in [0.25, 0.3) is 10.9 Å². The molecule has 11 heteroatoms. The number of carbonyl (C=O) groups is 1. The highest BCUT2D eigenvalue weighted by Gasteiger charge is 2.56. The zero-order chi connectivity index (χ0) is 23.6. The van der Waals surface area contributed by atoms with E-state index in [1.54, 1.807) is 6.26 Å². The molecule has 3 fully saturated rings. The van der Waals surface area contributed by atoms with Gasteiger partial charge in [-0.15, -0.1) is 0 Å². The molecule has 0 radical (unpaired) electrons. The molecule has 2 aromatic heterocycles. The van der Waals surface area contributed by atoms with Crippen molar-refractivity contribution in [3.8, 4) is 0 Å². The summed E-state index contributed by atoms with van der Waals surface area (Å²) < 4.78 is 59.5. The molecule has 2 bridgehead atoms. The molecule has 0 atom stereocenters. The third-order valence-electron chi connectivity index (χ3n) is 7.19. The summed E-state index contributed by atoms with van der Waals surface area (Å²) in [5, 5.41) is 17.0. The van der Waals surface area contributed by atoms with Crippen molar-refractivity contribution in [2.45, 2.75) is 74.3 Å². The number of pyridine rings is 1. The minimum atomic E-state index is -4.75. The Hall–Kier alpha value is -2.30. The molecule has 3 aliphatic rings. The van der Waals surface area contributed by atoms with Crippen LogP contribution in [0.2, 0.25) is 0 Å². The van der Waals surface area contributed by atoms with Crippen molar-refractivity contribution < 1.29 is 32.3 Å². The lowest BCUT2D eigenvalue weighted by molar-refractivity contribution is -0.932. The predicted molar refractivity (Wildman–Crippen MR) is 112 cm³/mol. The van der Waals surface area contributed by atoms with Crippen molar-refractivity contribution in [3.05, 3.63) is 35.3 Å². The second-order valence-corrected chi connectivity index (χ2v) is 10.4. The number of carbonyl (C=O) groups excluding carboxylic acids is 1. The molecular weight excluding hydrogens is 460 g/mol. The second-order valence-electron chi connectivity index (χ2n) is 9.62. The van der Waals surface area contributed by atoms with E-state index in [2.05, 4.69) is 10.4 Å². The highest BCUT2D eigenvalue weighted by atomic mass is 32.2. The van der Waals surface area contributed by atoms with Gasteiger partial charge in [0.2, 0.25) is 6.20 Å². The maximum Gasteiger partial charge on any atom is 0.420 e. The molecule has 0 aliphatic heterocycles. The van der Waals surface area contributed by atoms with Crippen molar-refractivity contribution in [2.75, 3.05) is 11.6 Å². The van der Waals surface area contributed by atoms with Gasteiger partial charge in [0.05, 0.1) is 11.4 Å². The Bertz CT molecular complexity index is 1100. The van der Waals surface area contributed by atoms with Crippen LogP contribution in [0.25, 0.3) is 0 Å².